The van der Waals surface area contributed by atoms with Gasteiger partial charge in [0.1, 0.15) is 12.0 Å². The van der Waals surface area contributed by atoms with E-state index in [1.54, 1.807) is 0 Å². The summed E-state index contributed by atoms with van der Waals surface area (Å²) >= 11 is 0. The highest BCUT2D eigenvalue weighted by molar-refractivity contribution is 5.81. The van der Waals surface area contributed by atoms with E-state index in [-0.39, 0.29) is 0 Å². The lowest BCUT2D eigenvalue weighted by atomic mass is 10.2. The van der Waals surface area contributed by atoms with Gasteiger partial charge in [-0.3, -0.25) is 0 Å². The molecule has 1 heterocycles. The monoisotopic (exact) mass is 305 g/mol. The first kappa shape index (κ1) is 14.8. The van der Waals surface area contributed by atoms with E-state index in [1.165, 1.54) is 6.33 Å². The summed E-state index contributed by atoms with van der Waals surface area (Å²) in [5, 5.41) is 3.28. The number of nitrogens with two attached hydrogens (primary N) is 1. The fourth-order valence-corrected chi connectivity index (χ4v) is 2.37. The van der Waals surface area contributed by atoms with Gasteiger partial charge in [-0.2, -0.15) is 0 Å². The van der Waals surface area contributed by atoms with E-state index in [4.69, 9.17) is 5.73 Å². The van der Waals surface area contributed by atoms with Gasteiger partial charge in [0, 0.05) is 18.4 Å². The molecule has 0 fully saturated rings. The molecule has 0 saturated heterocycles. The van der Waals surface area contributed by atoms with Gasteiger partial charge < -0.3 is 16.0 Å². The number of nitrogens with one attached hydrogen (secondary N) is 1. The molecule has 0 radical (unpaired) electrons. The van der Waals surface area contributed by atoms with Crippen molar-refractivity contribution in [1.82, 2.24) is 9.97 Å². The molecule has 0 atom stereocenters. The van der Waals surface area contributed by atoms with Crippen LogP contribution in [0.5, 0.6) is 0 Å². The number of hydrogen-bond donors (Lipinski definition) is 2. The Labute approximate surface area is 135 Å². The normalized spacial score (nSPS) is 10.3. The molecule has 0 aliphatic heterocycles. The van der Waals surface area contributed by atoms with Crippen LogP contribution in [-0.4, -0.2) is 17.0 Å². The fraction of sp³-hybridized carbons (Fsp3) is 0.111. The molecule has 3 rings (SSSR count). The van der Waals surface area contributed by atoms with Crippen molar-refractivity contribution in [3.8, 4) is 0 Å². The maximum absolute atomic E-state index is 6.29. The molecule has 116 valence electrons. The molecule has 0 amide bonds. The molecule has 3 aromatic rings. The molecule has 23 heavy (non-hydrogen) atoms. The molecule has 3 N–H and O–H groups in total. The van der Waals surface area contributed by atoms with Crippen molar-refractivity contribution >= 4 is 28.7 Å². The molecular formula is C18H19N5. The van der Waals surface area contributed by atoms with Crippen LogP contribution in [0.15, 0.2) is 60.9 Å². The minimum atomic E-state index is 0.516. The smallest absolute Gasteiger partial charge is 0.161 e. The molecule has 0 spiro atoms. The van der Waals surface area contributed by atoms with Crippen LogP contribution in [0.3, 0.4) is 0 Å². The van der Waals surface area contributed by atoms with E-state index in [9.17, 15) is 0 Å². The van der Waals surface area contributed by atoms with Crippen LogP contribution >= 0.6 is 0 Å². The Morgan fingerprint density at radius 2 is 1.65 bits per heavy atom. The average Bonchev–Trinajstić information content (AvgIpc) is 2.59. The SMILES string of the molecule is Cc1ccccc1Nc1ncnc(N(C)c2ccccc2)c1N. The minimum Gasteiger partial charge on any atom is -0.393 e. The van der Waals surface area contributed by atoms with Crippen LogP contribution in [0.4, 0.5) is 28.7 Å². The highest BCUT2D eigenvalue weighted by atomic mass is 15.2. The van der Waals surface area contributed by atoms with E-state index in [0.717, 1.165) is 16.9 Å². The van der Waals surface area contributed by atoms with E-state index in [1.807, 2.05) is 73.5 Å². The molecule has 5 nitrogen and oxygen atoms in total. The van der Waals surface area contributed by atoms with Crippen LogP contribution < -0.4 is 16.0 Å². The number of benzene rings is 2. The van der Waals surface area contributed by atoms with Crippen molar-refractivity contribution in [3.05, 3.63) is 66.5 Å². The lowest BCUT2D eigenvalue weighted by Crippen LogP contribution is -2.15. The van der Waals surface area contributed by atoms with E-state index in [0.29, 0.717) is 17.3 Å². The van der Waals surface area contributed by atoms with Crippen molar-refractivity contribution in [2.75, 3.05) is 23.0 Å². The molecule has 1 aromatic heterocycles. The Kier molecular flexibility index (Phi) is 4.10. The third-order valence-corrected chi connectivity index (χ3v) is 3.72. The van der Waals surface area contributed by atoms with E-state index < -0.39 is 0 Å². The first-order chi connectivity index (χ1) is 11.2. The van der Waals surface area contributed by atoms with Crippen molar-refractivity contribution in [2.24, 2.45) is 0 Å². The van der Waals surface area contributed by atoms with Gasteiger partial charge in [-0.05, 0) is 30.7 Å². The molecule has 0 bridgehead atoms. The summed E-state index contributed by atoms with van der Waals surface area (Å²) < 4.78 is 0. The Bertz CT molecular complexity index is 802. The van der Waals surface area contributed by atoms with Crippen LogP contribution in [0.2, 0.25) is 0 Å². The number of anilines is 5. The second-order valence-corrected chi connectivity index (χ2v) is 5.29. The van der Waals surface area contributed by atoms with Gasteiger partial charge in [-0.1, -0.05) is 36.4 Å². The highest BCUT2D eigenvalue weighted by Crippen LogP contribution is 2.32. The second-order valence-electron chi connectivity index (χ2n) is 5.29. The molecule has 0 aliphatic rings. The largest absolute Gasteiger partial charge is 0.393 e. The molecular weight excluding hydrogens is 286 g/mol. The first-order valence-corrected chi connectivity index (χ1v) is 7.38. The topological polar surface area (TPSA) is 67.1 Å². The second kappa shape index (κ2) is 6.36. The summed E-state index contributed by atoms with van der Waals surface area (Å²) in [7, 11) is 1.94. The van der Waals surface area contributed by atoms with Gasteiger partial charge in [0.2, 0.25) is 0 Å². The summed E-state index contributed by atoms with van der Waals surface area (Å²) in [4.78, 5) is 10.6. The molecule has 0 saturated carbocycles. The maximum Gasteiger partial charge on any atom is 0.161 e. The number of rotatable bonds is 4. The van der Waals surface area contributed by atoms with Crippen molar-refractivity contribution in [3.63, 3.8) is 0 Å². The number of aromatic nitrogens is 2. The zero-order chi connectivity index (χ0) is 16.2. The zero-order valence-corrected chi connectivity index (χ0v) is 13.2. The Balaban J connectivity index is 1.94. The van der Waals surface area contributed by atoms with Gasteiger partial charge in [-0.25, -0.2) is 9.97 Å². The van der Waals surface area contributed by atoms with Crippen LogP contribution in [0.1, 0.15) is 5.56 Å². The van der Waals surface area contributed by atoms with Crippen molar-refractivity contribution in [1.29, 1.82) is 0 Å². The predicted molar refractivity (Wildman–Crippen MR) is 95.4 cm³/mol. The van der Waals surface area contributed by atoms with E-state index >= 15 is 0 Å². The quantitative estimate of drug-likeness (QED) is 0.765. The molecule has 2 aromatic carbocycles. The fourth-order valence-electron chi connectivity index (χ4n) is 2.37. The molecule has 5 heteroatoms. The number of hydrogen-bond acceptors (Lipinski definition) is 5. The minimum absolute atomic E-state index is 0.516. The lowest BCUT2D eigenvalue weighted by Gasteiger charge is -2.21. The molecule has 0 unspecified atom stereocenters. The summed E-state index contributed by atoms with van der Waals surface area (Å²) in [5.41, 5.74) is 9.93. The van der Waals surface area contributed by atoms with Gasteiger partial charge >= 0.3 is 0 Å². The summed E-state index contributed by atoms with van der Waals surface area (Å²) in [6.45, 7) is 2.04. The predicted octanol–water partition coefficient (Wildman–Crippen LogP) is 3.88. The van der Waals surface area contributed by atoms with Crippen LogP contribution in [0.25, 0.3) is 0 Å². The van der Waals surface area contributed by atoms with Gasteiger partial charge in [0.05, 0.1) is 0 Å². The third kappa shape index (κ3) is 3.08. The number of para-hydroxylation sites is 2. The number of aryl methyl sites for hydroxylation is 1. The summed E-state index contributed by atoms with van der Waals surface area (Å²) in [5.74, 6) is 1.27. The summed E-state index contributed by atoms with van der Waals surface area (Å²) in [6.07, 6.45) is 1.52. The number of nitrogen functional groups attached to an aromatic ring is 1. The summed E-state index contributed by atoms with van der Waals surface area (Å²) in [6, 6.07) is 18.0. The van der Waals surface area contributed by atoms with Crippen molar-refractivity contribution in [2.45, 2.75) is 6.92 Å². The maximum atomic E-state index is 6.29. The average molecular weight is 305 g/mol. The number of nitrogens with zero attached hydrogens (tertiary/aromatic N) is 3. The Morgan fingerprint density at radius 3 is 2.39 bits per heavy atom. The molecule has 0 aliphatic carbocycles. The van der Waals surface area contributed by atoms with Crippen LogP contribution in [-0.2, 0) is 0 Å². The third-order valence-electron chi connectivity index (χ3n) is 3.72. The van der Waals surface area contributed by atoms with Gasteiger partial charge in [0.15, 0.2) is 11.6 Å². The standard InChI is InChI=1S/C18H19N5/c1-13-8-6-7-11-15(13)22-17-16(19)18(21-12-20-17)23(2)14-9-4-3-5-10-14/h3-12H,19H2,1-2H3,(H,20,21,22). The van der Waals surface area contributed by atoms with Crippen LogP contribution in [0, 0.1) is 6.92 Å². The zero-order valence-electron chi connectivity index (χ0n) is 13.2. The van der Waals surface area contributed by atoms with Crippen molar-refractivity contribution < 1.29 is 0 Å². The highest BCUT2D eigenvalue weighted by Gasteiger charge is 2.14. The van der Waals surface area contributed by atoms with Gasteiger partial charge in [0.25, 0.3) is 0 Å². The Morgan fingerprint density at radius 1 is 0.957 bits per heavy atom. The van der Waals surface area contributed by atoms with E-state index in [2.05, 4.69) is 15.3 Å². The Hall–Kier alpha value is -3.08. The first-order valence-electron chi connectivity index (χ1n) is 7.38. The lowest BCUT2D eigenvalue weighted by molar-refractivity contribution is 1.09. The van der Waals surface area contributed by atoms with Gasteiger partial charge in [-0.15, -0.1) is 0 Å².